The fourth-order valence-electron chi connectivity index (χ4n) is 5.97. The Morgan fingerprint density at radius 2 is 1.61 bits per heavy atom. The van der Waals surface area contributed by atoms with E-state index in [1.54, 1.807) is 0 Å². The van der Waals surface area contributed by atoms with Crippen LogP contribution < -0.4 is 0 Å². The number of hydrogen-bond donors (Lipinski definition) is 0. The van der Waals surface area contributed by atoms with E-state index in [0.717, 1.165) is 24.0 Å². The Labute approximate surface area is 178 Å². The fraction of sp³-hybridized carbons (Fsp3) is 0.0714. The van der Waals surface area contributed by atoms with Crippen molar-refractivity contribution in [2.45, 2.75) is 12.8 Å². The highest BCUT2D eigenvalue weighted by molar-refractivity contribution is 6.15. The van der Waals surface area contributed by atoms with Crippen LogP contribution in [0.5, 0.6) is 0 Å². The van der Waals surface area contributed by atoms with Gasteiger partial charge in [-0.05, 0) is 62.4 Å². The van der Waals surface area contributed by atoms with Crippen LogP contribution in [0.2, 0.25) is 0 Å². The first-order valence-corrected chi connectivity index (χ1v) is 10.8. The van der Waals surface area contributed by atoms with Gasteiger partial charge in [-0.2, -0.15) is 0 Å². The highest BCUT2D eigenvalue weighted by Crippen LogP contribution is 2.49. The first-order chi connectivity index (χ1) is 15.4. The quantitative estimate of drug-likeness (QED) is 0.287. The zero-order valence-electron chi connectivity index (χ0n) is 16.8. The molecule has 6 aromatic rings. The predicted octanol–water partition coefficient (Wildman–Crippen LogP) is 6.18. The third-order valence-corrected chi connectivity index (χ3v) is 7.24. The summed E-state index contributed by atoms with van der Waals surface area (Å²) in [5.74, 6) is 0. The molecule has 0 aliphatic heterocycles. The highest BCUT2D eigenvalue weighted by Gasteiger charge is 2.30. The smallest absolute Gasteiger partial charge is 0.145 e. The van der Waals surface area contributed by atoms with E-state index in [1.807, 2.05) is 24.8 Å². The minimum atomic E-state index is 0.957. The molecule has 3 aromatic heterocycles. The monoisotopic (exact) mass is 395 g/mol. The molecule has 2 aliphatic carbocycles. The molecule has 0 amide bonds. The van der Waals surface area contributed by atoms with Gasteiger partial charge >= 0.3 is 0 Å². The molecule has 0 radical (unpaired) electrons. The van der Waals surface area contributed by atoms with E-state index >= 15 is 0 Å². The van der Waals surface area contributed by atoms with E-state index in [0.29, 0.717) is 0 Å². The zero-order chi connectivity index (χ0) is 20.1. The molecule has 0 bridgehead atoms. The number of rotatable bonds is 0. The van der Waals surface area contributed by atoms with Crippen LogP contribution in [-0.2, 0) is 12.8 Å². The van der Waals surface area contributed by atoms with Crippen molar-refractivity contribution in [1.29, 1.82) is 0 Å². The summed E-state index contributed by atoms with van der Waals surface area (Å²) < 4.78 is 2.19. The Hall–Kier alpha value is -3.98. The maximum absolute atomic E-state index is 4.78. The molecular formula is C28H17N3. The van der Waals surface area contributed by atoms with Gasteiger partial charge in [0.15, 0.2) is 0 Å². The van der Waals surface area contributed by atoms with E-state index < -0.39 is 0 Å². The lowest BCUT2D eigenvalue weighted by atomic mass is 9.95. The van der Waals surface area contributed by atoms with Crippen LogP contribution in [0.1, 0.15) is 22.3 Å². The van der Waals surface area contributed by atoms with Crippen LogP contribution in [0.3, 0.4) is 0 Å². The molecule has 0 saturated heterocycles. The first-order valence-electron chi connectivity index (χ1n) is 10.8. The summed E-state index contributed by atoms with van der Waals surface area (Å²) in [5.41, 5.74) is 13.5. The second kappa shape index (κ2) is 5.38. The summed E-state index contributed by atoms with van der Waals surface area (Å²) in [6, 6.07) is 20.3. The van der Waals surface area contributed by atoms with Crippen LogP contribution >= 0.6 is 0 Å². The Balaban J connectivity index is 1.49. The standard InChI is InChI=1S/C28H17N3/c1-2-4-18-16(3-1)13-17-5-6-19-20-7-8-22-21-9-10-29-15-25(21)31-12-11-30-28(31)27(22)24(20)14-23(19)26(17)18/h1-12,15H,13-14H2. The van der Waals surface area contributed by atoms with Gasteiger partial charge in [-0.25, -0.2) is 4.98 Å². The second-order valence-electron chi connectivity index (χ2n) is 8.66. The number of aromatic nitrogens is 3. The third-order valence-electron chi connectivity index (χ3n) is 7.24. The first kappa shape index (κ1) is 15.8. The Morgan fingerprint density at radius 3 is 2.61 bits per heavy atom. The van der Waals surface area contributed by atoms with Crippen molar-refractivity contribution in [3.05, 3.63) is 102 Å². The van der Waals surface area contributed by atoms with Crippen molar-refractivity contribution >= 4 is 27.3 Å². The molecule has 0 fully saturated rings. The molecule has 8 rings (SSSR count). The average molecular weight is 395 g/mol. The number of hydrogen-bond acceptors (Lipinski definition) is 2. The summed E-state index contributed by atoms with van der Waals surface area (Å²) in [6.07, 6.45) is 9.77. The fourth-order valence-corrected chi connectivity index (χ4v) is 5.97. The predicted molar refractivity (Wildman–Crippen MR) is 124 cm³/mol. The SMILES string of the molecule is c1ccc2c(c1)Cc1ccc3c(c1-2)Cc1c-3ccc2c3ccncc3n3ccnc3c12. The van der Waals surface area contributed by atoms with Crippen LogP contribution in [-0.4, -0.2) is 14.4 Å². The Morgan fingerprint density at radius 1 is 0.710 bits per heavy atom. The number of benzene rings is 3. The highest BCUT2D eigenvalue weighted by atomic mass is 15.0. The molecule has 3 heteroatoms. The van der Waals surface area contributed by atoms with Crippen LogP contribution in [0.4, 0.5) is 0 Å². The van der Waals surface area contributed by atoms with Gasteiger partial charge in [0, 0.05) is 35.8 Å². The van der Waals surface area contributed by atoms with Gasteiger partial charge in [-0.15, -0.1) is 0 Å². The molecule has 3 heterocycles. The zero-order valence-corrected chi connectivity index (χ0v) is 16.8. The lowest BCUT2D eigenvalue weighted by Crippen LogP contribution is -1.95. The van der Waals surface area contributed by atoms with Crippen molar-refractivity contribution in [1.82, 2.24) is 14.4 Å². The van der Waals surface area contributed by atoms with Crippen molar-refractivity contribution in [3.8, 4) is 22.3 Å². The van der Waals surface area contributed by atoms with Gasteiger partial charge in [0.1, 0.15) is 5.65 Å². The summed E-state index contributed by atoms with van der Waals surface area (Å²) in [5, 5.41) is 3.77. The van der Waals surface area contributed by atoms with Crippen LogP contribution in [0, 0.1) is 0 Å². The van der Waals surface area contributed by atoms with Crippen LogP contribution in [0.15, 0.2) is 79.4 Å². The third kappa shape index (κ3) is 1.85. The molecule has 0 atom stereocenters. The van der Waals surface area contributed by atoms with Crippen molar-refractivity contribution in [3.63, 3.8) is 0 Å². The molecule has 0 spiro atoms. The summed E-state index contributed by atoms with van der Waals surface area (Å²) in [4.78, 5) is 9.15. The van der Waals surface area contributed by atoms with E-state index in [-0.39, 0.29) is 0 Å². The second-order valence-corrected chi connectivity index (χ2v) is 8.66. The normalized spacial score (nSPS) is 13.5. The summed E-state index contributed by atoms with van der Waals surface area (Å²) >= 11 is 0. The molecule has 144 valence electrons. The van der Waals surface area contributed by atoms with Crippen molar-refractivity contribution < 1.29 is 0 Å². The minimum absolute atomic E-state index is 0.957. The maximum atomic E-state index is 4.78. The minimum Gasteiger partial charge on any atom is -0.298 e. The largest absolute Gasteiger partial charge is 0.298 e. The Kier molecular flexibility index (Phi) is 2.74. The lowest BCUT2D eigenvalue weighted by Gasteiger charge is -2.11. The number of nitrogens with zero attached hydrogens (tertiary/aromatic N) is 3. The van der Waals surface area contributed by atoms with Gasteiger partial charge in [0.25, 0.3) is 0 Å². The van der Waals surface area contributed by atoms with Crippen LogP contribution in [0.25, 0.3) is 49.6 Å². The van der Waals surface area contributed by atoms with Gasteiger partial charge in [0.2, 0.25) is 0 Å². The van der Waals surface area contributed by atoms with E-state index in [2.05, 4.69) is 64.0 Å². The molecule has 2 aliphatic rings. The lowest BCUT2D eigenvalue weighted by molar-refractivity contribution is 1.22. The maximum Gasteiger partial charge on any atom is 0.145 e. The molecule has 31 heavy (non-hydrogen) atoms. The van der Waals surface area contributed by atoms with E-state index in [1.165, 1.54) is 60.7 Å². The van der Waals surface area contributed by atoms with E-state index in [9.17, 15) is 0 Å². The molecule has 0 N–H and O–H groups in total. The average Bonchev–Trinajstić information content (AvgIpc) is 3.53. The van der Waals surface area contributed by atoms with Gasteiger partial charge in [0.05, 0.1) is 11.7 Å². The summed E-state index contributed by atoms with van der Waals surface area (Å²) in [6.45, 7) is 0. The number of imidazole rings is 1. The van der Waals surface area contributed by atoms with Gasteiger partial charge in [-0.3, -0.25) is 9.38 Å². The molecular weight excluding hydrogens is 378 g/mol. The van der Waals surface area contributed by atoms with Crippen molar-refractivity contribution in [2.75, 3.05) is 0 Å². The molecule has 3 aromatic carbocycles. The Bertz CT molecular complexity index is 1740. The molecule has 0 unspecified atom stereocenters. The van der Waals surface area contributed by atoms with Gasteiger partial charge in [-0.1, -0.05) is 48.5 Å². The molecule has 3 nitrogen and oxygen atoms in total. The number of fused-ring (bicyclic) bond motifs is 14. The van der Waals surface area contributed by atoms with Crippen molar-refractivity contribution in [2.24, 2.45) is 0 Å². The van der Waals surface area contributed by atoms with E-state index in [4.69, 9.17) is 4.98 Å². The summed E-state index contributed by atoms with van der Waals surface area (Å²) in [7, 11) is 0. The molecule has 0 saturated carbocycles. The number of pyridine rings is 2. The topological polar surface area (TPSA) is 30.2 Å². The van der Waals surface area contributed by atoms with Gasteiger partial charge < -0.3 is 0 Å².